The molecule has 0 aliphatic carbocycles. The summed E-state index contributed by atoms with van der Waals surface area (Å²) in [4.78, 5) is 9.56. The lowest BCUT2D eigenvalue weighted by Gasteiger charge is -2.28. The predicted molar refractivity (Wildman–Crippen MR) is 126 cm³/mol. The molecule has 0 radical (unpaired) electrons. The molecule has 182 valence electrons. The molecule has 0 spiro atoms. The summed E-state index contributed by atoms with van der Waals surface area (Å²) < 4.78 is 18.1. The van der Waals surface area contributed by atoms with Gasteiger partial charge in [-0.2, -0.15) is 10.2 Å². The highest BCUT2D eigenvalue weighted by molar-refractivity contribution is 6.60. The topological polar surface area (TPSA) is 111 Å². The maximum atomic E-state index is 6.02. The first-order valence-corrected chi connectivity index (χ1v) is 14.0. The van der Waals surface area contributed by atoms with E-state index in [2.05, 4.69) is 48.1 Å². The summed E-state index contributed by atoms with van der Waals surface area (Å²) in [5.74, 6) is 4.20. The first kappa shape index (κ1) is 26.6. The predicted octanol–water partition coefficient (Wildman–Crippen LogP) is 4.28. The van der Waals surface area contributed by atoms with Crippen molar-refractivity contribution in [3.05, 3.63) is 23.3 Å². The van der Waals surface area contributed by atoms with Crippen LogP contribution in [0.25, 0.3) is 0 Å². The third-order valence-corrected chi connectivity index (χ3v) is 8.14. The van der Waals surface area contributed by atoms with Crippen LogP contribution in [0.15, 0.2) is 0 Å². The molecule has 10 heteroatoms. The van der Waals surface area contributed by atoms with Gasteiger partial charge in [0, 0.05) is 38.7 Å². The number of nitrogens with zero attached hydrogens (tertiary/aromatic N) is 4. The molecule has 0 saturated carbocycles. The number of nitrogens with one attached hydrogen (secondary N) is 2. The van der Waals surface area contributed by atoms with Gasteiger partial charge >= 0.3 is 8.80 Å². The van der Waals surface area contributed by atoms with Gasteiger partial charge in [-0.25, -0.2) is 9.97 Å². The monoisotopic (exact) mass is 466 g/mol. The van der Waals surface area contributed by atoms with Crippen LogP contribution >= 0.6 is 0 Å². The molecular formula is C22H42N6O3Si. The highest BCUT2D eigenvalue weighted by Crippen LogP contribution is 2.28. The highest BCUT2D eigenvalue weighted by atomic mass is 28.4. The molecule has 0 aliphatic heterocycles. The first-order valence-electron chi connectivity index (χ1n) is 12.1. The Morgan fingerprint density at radius 2 is 1.19 bits per heavy atom. The fraction of sp³-hybridized carbons (Fsp3) is 0.818. The molecule has 0 bridgehead atoms. The average molecular weight is 467 g/mol. The van der Waals surface area contributed by atoms with Gasteiger partial charge in [0.15, 0.2) is 11.6 Å². The van der Waals surface area contributed by atoms with Gasteiger partial charge in [0.05, 0.1) is 5.92 Å². The second-order valence-electron chi connectivity index (χ2n) is 8.90. The Morgan fingerprint density at radius 3 is 1.56 bits per heavy atom. The molecule has 0 fully saturated rings. The van der Waals surface area contributed by atoms with Gasteiger partial charge in [-0.05, 0) is 45.4 Å². The van der Waals surface area contributed by atoms with E-state index >= 15 is 0 Å². The number of hydrogen-bond donors (Lipinski definition) is 2. The number of hydrogen-bond acceptors (Lipinski definition) is 7. The normalized spacial score (nSPS) is 12.6. The third kappa shape index (κ3) is 8.06. The van der Waals surface area contributed by atoms with Crippen molar-refractivity contribution < 1.29 is 13.3 Å². The smallest absolute Gasteiger partial charge is 0.374 e. The molecule has 0 aromatic carbocycles. The van der Waals surface area contributed by atoms with E-state index in [0.29, 0.717) is 31.7 Å². The van der Waals surface area contributed by atoms with E-state index in [-0.39, 0.29) is 5.92 Å². The zero-order chi connectivity index (χ0) is 23.6. The van der Waals surface area contributed by atoms with Gasteiger partial charge < -0.3 is 13.3 Å². The molecule has 0 amide bonds. The number of aromatic amines is 2. The average Bonchev–Trinajstić information content (AvgIpc) is 3.35. The van der Waals surface area contributed by atoms with Crippen LogP contribution in [0.1, 0.15) is 90.5 Å². The summed E-state index contributed by atoms with van der Waals surface area (Å²) in [6, 6.07) is 0.742. The standard InChI is InChI=1S/C22H42N6O3Si/c1-8-29-32(30-9-2,31-10-3)13-11-12-18(21-23-19(25-27-21)14-16(4)5)22-24-20(26-28-22)15-17(6)7/h16-18H,8-15H2,1-7H3,(H,23,25,27)(H,24,26,28). The van der Waals surface area contributed by atoms with Gasteiger partial charge in [0.25, 0.3) is 0 Å². The summed E-state index contributed by atoms with van der Waals surface area (Å²) >= 11 is 0. The highest BCUT2D eigenvalue weighted by Gasteiger charge is 2.40. The van der Waals surface area contributed by atoms with Gasteiger partial charge in [0.1, 0.15) is 11.6 Å². The lowest BCUT2D eigenvalue weighted by Crippen LogP contribution is -2.46. The number of H-pyrrole nitrogens is 2. The molecule has 2 heterocycles. The first-order chi connectivity index (χ1) is 15.3. The molecular weight excluding hydrogens is 424 g/mol. The SMILES string of the molecule is CCO[Si](CCCC(c1n[nH]c(CC(C)C)n1)c1n[nH]c(CC(C)C)n1)(OCC)OCC. The summed E-state index contributed by atoms with van der Waals surface area (Å²) in [6.45, 7) is 16.4. The van der Waals surface area contributed by atoms with Crippen molar-refractivity contribution in [2.75, 3.05) is 19.8 Å². The zero-order valence-electron chi connectivity index (χ0n) is 20.9. The summed E-state index contributed by atoms with van der Waals surface area (Å²) in [6.07, 6.45) is 3.36. The minimum atomic E-state index is -2.69. The lowest BCUT2D eigenvalue weighted by molar-refractivity contribution is 0.0706. The van der Waals surface area contributed by atoms with Crippen LogP contribution in [0.3, 0.4) is 0 Å². The quantitative estimate of drug-likeness (QED) is 0.355. The Morgan fingerprint density at radius 1 is 0.750 bits per heavy atom. The minimum Gasteiger partial charge on any atom is -0.374 e. The number of aromatic nitrogens is 6. The third-order valence-electron chi connectivity index (χ3n) is 4.99. The van der Waals surface area contributed by atoms with E-state index in [1.54, 1.807) is 0 Å². The second-order valence-corrected chi connectivity index (χ2v) is 11.6. The molecule has 0 aliphatic rings. The Labute approximate surface area is 193 Å². The van der Waals surface area contributed by atoms with Crippen LogP contribution in [0, 0.1) is 11.8 Å². The van der Waals surface area contributed by atoms with Gasteiger partial charge in [0.2, 0.25) is 0 Å². The summed E-state index contributed by atoms with van der Waals surface area (Å²) in [5, 5.41) is 15.3. The number of rotatable bonds is 16. The largest absolute Gasteiger partial charge is 0.500 e. The molecule has 2 aromatic heterocycles. The van der Waals surface area contributed by atoms with Gasteiger partial charge in [-0.3, -0.25) is 10.2 Å². The van der Waals surface area contributed by atoms with E-state index in [9.17, 15) is 0 Å². The van der Waals surface area contributed by atoms with Crippen molar-refractivity contribution in [2.45, 2.75) is 86.1 Å². The molecule has 9 nitrogen and oxygen atoms in total. The van der Waals surface area contributed by atoms with E-state index in [1.807, 2.05) is 20.8 Å². The van der Waals surface area contributed by atoms with E-state index in [4.69, 9.17) is 23.2 Å². The zero-order valence-corrected chi connectivity index (χ0v) is 21.9. The molecule has 2 N–H and O–H groups in total. The van der Waals surface area contributed by atoms with Crippen LogP contribution in [0.4, 0.5) is 0 Å². The molecule has 32 heavy (non-hydrogen) atoms. The lowest BCUT2D eigenvalue weighted by atomic mass is 10.0. The summed E-state index contributed by atoms with van der Waals surface area (Å²) in [5.41, 5.74) is 0. The Hall–Kier alpha value is -1.62. The van der Waals surface area contributed by atoms with Crippen LogP contribution in [0.2, 0.25) is 6.04 Å². The van der Waals surface area contributed by atoms with Crippen molar-refractivity contribution in [1.82, 2.24) is 30.4 Å². The van der Waals surface area contributed by atoms with Crippen molar-refractivity contribution in [1.29, 1.82) is 0 Å². The van der Waals surface area contributed by atoms with Gasteiger partial charge in [-0.15, -0.1) is 0 Å². The van der Waals surface area contributed by atoms with Crippen LogP contribution < -0.4 is 0 Å². The fourth-order valence-electron chi connectivity index (χ4n) is 3.79. The fourth-order valence-corrected chi connectivity index (χ4v) is 6.43. The minimum absolute atomic E-state index is 0.0964. The van der Waals surface area contributed by atoms with E-state index in [1.165, 1.54) is 0 Å². The van der Waals surface area contributed by atoms with Crippen molar-refractivity contribution in [2.24, 2.45) is 11.8 Å². The summed E-state index contributed by atoms with van der Waals surface area (Å²) in [7, 11) is -2.69. The van der Waals surface area contributed by atoms with Crippen LogP contribution in [0.5, 0.6) is 0 Å². The van der Waals surface area contributed by atoms with Crippen LogP contribution in [-0.2, 0) is 26.1 Å². The Kier molecular flexibility index (Phi) is 11.0. The van der Waals surface area contributed by atoms with Crippen LogP contribution in [-0.4, -0.2) is 59.0 Å². The maximum absolute atomic E-state index is 6.02. The molecule has 2 rings (SSSR count). The van der Waals surface area contributed by atoms with Crippen molar-refractivity contribution in [3.8, 4) is 0 Å². The molecule has 0 unspecified atom stereocenters. The maximum Gasteiger partial charge on any atom is 0.500 e. The Balaban J connectivity index is 2.20. The second kappa shape index (κ2) is 13.2. The van der Waals surface area contributed by atoms with Crippen molar-refractivity contribution in [3.63, 3.8) is 0 Å². The molecule has 2 aromatic rings. The van der Waals surface area contributed by atoms with Crippen molar-refractivity contribution >= 4 is 8.80 Å². The molecule has 0 saturated heterocycles. The Bertz CT molecular complexity index is 714. The van der Waals surface area contributed by atoms with E-state index in [0.717, 1.165) is 55.0 Å². The van der Waals surface area contributed by atoms with Gasteiger partial charge in [-0.1, -0.05) is 27.7 Å². The molecule has 0 atom stereocenters. The van der Waals surface area contributed by atoms with E-state index < -0.39 is 8.80 Å².